The number of unbranched alkanes of at least 4 members (excludes halogenated alkanes) is 1. The number of carbonyl (C=O) groups is 2. The Morgan fingerprint density at radius 3 is 2.70 bits per heavy atom. The SMILES string of the molecule is CCCCC(NC(=O)CCc1ccccn1)C(=O)Nc1cccc(N2CCCC2)c1. The third kappa shape index (κ3) is 6.58. The number of anilines is 2. The van der Waals surface area contributed by atoms with Crippen LogP contribution in [0.1, 0.15) is 51.1 Å². The van der Waals surface area contributed by atoms with Crippen molar-refractivity contribution >= 4 is 23.2 Å². The predicted octanol–water partition coefficient (Wildman–Crippen LogP) is 3.93. The van der Waals surface area contributed by atoms with Crippen molar-refractivity contribution in [3.63, 3.8) is 0 Å². The fourth-order valence-electron chi connectivity index (χ4n) is 3.72. The molecule has 2 N–H and O–H groups in total. The minimum absolute atomic E-state index is 0.122. The summed E-state index contributed by atoms with van der Waals surface area (Å²) in [6, 6.07) is 13.1. The first-order valence-electron chi connectivity index (χ1n) is 11.0. The molecule has 30 heavy (non-hydrogen) atoms. The maximum atomic E-state index is 12.9. The van der Waals surface area contributed by atoms with Crippen LogP contribution in [-0.2, 0) is 16.0 Å². The highest BCUT2D eigenvalue weighted by Gasteiger charge is 2.21. The van der Waals surface area contributed by atoms with Crippen LogP contribution in [0.2, 0.25) is 0 Å². The molecule has 0 bridgehead atoms. The molecule has 3 rings (SSSR count). The van der Waals surface area contributed by atoms with Gasteiger partial charge >= 0.3 is 0 Å². The van der Waals surface area contributed by atoms with Gasteiger partial charge < -0.3 is 15.5 Å². The monoisotopic (exact) mass is 408 g/mol. The van der Waals surface area contributed by atoms with E-state index in [9.17, 15) is 9.59 Å². The second-order valence-electron chi connectivity index (χ2n) is 7.82. The fraction of sp³-hybridized carbons (Fsp3) is 0.458. The molecule has 0 saturated carbocycles. The zero-order valence-corrected chi connectivity index (χ0v) is 17.8. The Morgan fingerprint density at radius 1 is 1.13 bits per heavy atom. The van der Waals surface area contributed by atoms with Crippen molar-refractivity contribution < 1.29 is 9.59 Å². The largest absolute Gasteiger partial charge is 0.371 e. The van der Waals surface area contributed by atoms with Gasteiger partial charge in [0.25, 0.3) is 0 Å². The number of carbonyl (C=O) groups excluding carboxylic acids is 2. The Kier molecular flexibility index (Phi) is 8.24. The smallest absolute Gasteiger partial charge is 0.246 e. The summed E-state index contributed by atoms with van der Waals surface area (Å²) in [4.78, 5) is 31.9. The summed E-state index contributed by atoms with van der Waals surface area (Å²) in [5.74, 6) is -0.282. The van der Waals surface area contributed by atoms with Crippen molar-refractivity contribution in [2.75, 3.05) is 23.3 Å². The molecular weight excluding hydrogens is 376 g/mol. The minimum atomic E-state index is -0.531. The van der Waals surface area contributed by atoms with Crippen LogP contribution in [0.5, 0.6) is 0 Å². The summed E-state index contributed by atoms with van der Waals surface area (Å²) < 4.78 is 0. The summed E-state index contributed by atoms with van der Waals surface area (Å²) in [5, 5.41) is 5.92. The summed E-state index contributed by atoms with van der Waals surface area (Å²) >= 11 is 0. The van der Waals surface area contributed by atoms with Crippen molar-refractivity contribution in [1.29, 1.82) is 0 Å². The number of pyridine rings is 1. The van der Waals surface area contributed by atoms with E-state index in [1.54, 1.807) is 6.20 Å². The molecule has 6 nitrogen and oxygen atoms in total. The zero-order valence-electron chi connectivity index (χ0n) is 17.8. The molecule has 1 saturated heterocycles. The molecule has 2 amide bonds. The number of aromatic nitrogens is 1. The number of hydrogen-bond acceptors (Lipinski definition) is 4. The van der Waals surface area contributed by atoms with E-state index in [2.05, 4.69) is 33.5 Å². The highest BCUT2D eigenvalue weighted by atomic mass is 16.2. The minimum Gasteiger partial charge on any atom is -0.371 e. The van der Waals surface area contributed by atoms with E-state index in [-0.39, 0.29) is 11.8 Å². The maximum Gasteiger partial charge on any atom is 0.246 e. The van der Waals surface area contributed by atoms with Gasteiger partial charge in [0.2, 0.25) is 11.8 Å². The van der Waals surface area contributed by atoms with Crippen LogP contribution in [0.4, 0.5) is 11.4 Å². The first kappa shape index (κ1) is 21.8. The van der Waals surface area contributed by atoms with Gasteiger partial charge in [-0.25, -0.2) is 0 Å². The Bertz CT molecular complexity index is 819. The van der Waals surface area contributed by atoms with Gasteiger partial charge in [0.05, 0.1) is 0 Å². The van der Waals surface area contributed by atoms with Crippen LogP contribution in [0, 0.1) is 0 Å². The number of rotatable bonds is 10. The van der Waals surface area contributed by atoms with Gasteiger partial charge in [0.15, 0.2) is 0 Å². The molecule has 0 radical (unpaired) electrons. The lowest BCUT2D eigenvalue weighted by molar-refractivity contribution is -0.126. The molecule has 1 fully saturated rings. The molecule has 2 heterocycles. The van der Waals surface area contributed by atoms with Crippen LogP contribution in [0.25, 0.3) is 0 Å². The number of hydrogen-bond donors (Lipinski definition) is 2. The molecule has 2 aromatic rings. The third-order valence-electron chi connectivity index (χ3n) is 5.42. The van der Waals surface area contributed by atoms with Gasteiger partial charge in [0, 0.05) is 42.8 Å². The highest BCUT2D eigenvalue weighted by Crippen LogP contribution is 2.23. The molecule has 6 heteroatoms. The van der Waals surface area contributed by atoms with Crippen molar-refractivity contribution in [3.05, 3.63) is 54.4 Å². The lowest BCUT2D eigenvalue weighted by Gasteiger charge is -2.21. The van der Waals surface area contributed by atoms with Gasteiger partial charge in [-0.2, -0.15) is 0 Å². The topological polar surface area (TPSA) is 74.3 Å². The number of nitrogens with one attached hydrogen (secondary N) is 2. The maximum absolute atomic E-state index is 12.9. The van der Waals surface area contributed by atoms with E-state index in [0.717, 1.165) is 43.0 Å². The predicted molar refractivity (Wildman–Crippen MR) is 121 cm³/mol. The van der Waals surface area contributed by atoms with Crippen molar-refractivity contribution in [2.45, 2.75) is 57.9 Å². The van der Waals surface area contributed by atoms with Gasteiger partial charge in [-0.15, -0.1) is 0 Å². The van der Waals surface area contributed by atoms with Crippen molar-refractivity contribution in [2.24, 2.45) is 0 Å². The molecule has 160 valence electrons. The van der Waals surface area contributed by atoms with Crippen LogP contribution in [0.15, 0.2) is 48.7 Å². The number of nitrogens with zero attached hydrogens (tertiary/aromatic N) is 2. The van der Waals surface area contributed by atoms with Gasteiger partial charge in [-0.1, -0.05) is 31.9 Å². The molecule has 0 spiro atoms. The highest BCUT2D eigenvalue weighted by molar-refractivity contribution is 5.97. The lowest BCUT2D eigenvalue weighted by Crippen LogP contribution is -2.43. The Hall–Kier alpha value is -2.89. The van der Waals surface area contributed by atoms with Gasteiger partial charge in [0.1, 0.15) is 6.04 Å². The first-order valence-corrected chi connectivity index (χ1v) is 11.0. The Labute approximate surface area is 179 Å². The fourth-order valence-corrected chi connectivity index (χ4v) is 3.72. The number of amides is 2. The van der Waals surface area contributed by atoms with E-state index in [1.807, 2.05) is 36.4 Å². The Morgan fingerprint density at radius 2 is 1.97 bits per heavy atom. The third-order valence-corrected chi connectivity index (χ3v) is 5.42. The van der Waals surface area contributed by atoms with Crippen LogP contribution in [0.3, 0.4) is 0 Å². The van der Waals surface area contributed by atoms with Crippen LogP contribution >= 0.6 is 0 Å². The molecule has 1 aliphatic heterocycles. The Balaban J connectivity index is 1.57. The average molecular weight is 409 g/mol. The summed E-state index contributed by atoms with van der Waals surface area (Å²) in [5.41, 5.74) is 2.78. The van der Waals surface area contributed by atoms with E-state index >= 15 is 0 Å². The lowest BCUT2D eigenvalue weighted by atomic mass is 10.1. The molecule has 1 aromatic carbocycles. The van der Waals surface area contributed by atoms with Gasteiger partial charge in [-0.3, -0.25) is 14.6 Å². The van der Waals surface area contributed by atoms with E-state index in [0.29, 0.717) is 19.3 Å². The molecular formula is C24H32N4O2. The normalized spacial score (nSPS) is 14.4. The van der Waals surface area contributed by atoms with Crippen LogP contribution in [-0.4, -0.2) is 35.9 Å². The van der Waals surface area contributed by atoms with Gasteiger partial charge in [-0.05, 0) is 56.0 Å². The second-order valence-corrected chi connectivity index (χ2v) is 7.82. The van der Waals surface area contributed by atoms with E-state index in [4.69, 9.17) is 0 Å². The zero-order chi connectivity index (χ0) is 21.2. The standard InChI is InChI=1S/C24H32N4O2/c1-2-3-12-22(27-23(29)14-13-19-9-4-5-15-25-19)24(30)26-20-10-8-11-21(18-20)28-16-6-7-17-28/h4-5,8-11,15,18,22H,2-3,6-7,12-14,16-17H2,1H3,(H,26,30)(H,27,29). The molecule has 1 unspecified atom stereocenters. The summed E-state index contributed by atoms with van der Waals surface area (Å²) in [7, 11) is 0. The number of benzene rings is 1. The molecule has 1 atom stereocenters. The number of aryl methyl sites for hydroxylation is 1. The van der Waals surface area contributed by atoms with Crippen LogP contribution < -0.4 is 15.5 Å². The molecule has 1 aliphatic rings. The molecule has 1 aromatic heterocycles. The average Bonchev–Trinajstić information content (AvgIpc) is 3.31. The summed E-state index contributed by atoms with van der Waals surface area (Å²) in [6.07, 6.45) is 7.50. The second kappa shape index (κ2) is 11.3. The molecule has 0 aliphatic carbocycles. The van der Waals surface area contributed by atoms with E-state index < -0.39 is 6.04 Å². The first-order chi connectivity index (χ1) is 14.7. The summed E-state index contributed by atoms with van der Waals surface area (Å²) in [6.45, 7) is 4.20. The van der Waals surface area contributed by atoms with Crippen molar-refractivity contribution in [3.8, 4) is 0 Å². The quantitative estimate of drug-likeness (QED) is 0.625. The van der Waals surface area contributed by atoms with Crippen molar-refractivity contribution in [1.82, 2.24) is 10.3 Å². The van der Waals surface area contributed by atoms with E-state index in [1.165, 1.54) is 12.8 Å².